The average molecular weight is 344 g/mol. The van der Waals surface area contributed by atoms with E-state index in [4.69, 9.17) is 4.74 Å². The standard InChI is InChI=1S/C18H24N4O3/c1-12(2)19-17(23)11-21-7-8-22-16(18(21)24)10-15(20-22)13-5-4-6-14(9-13)25-3/h4-9,12,15-16,20H,10-11H2,1-3H3,(H,19,23). The summed E-state index contributed by atoms with van der Waals surface area (Å²) in [7, 11) is 1.64. The van der Waals surface area contributed by atoms with Crippen LogP contribution in [0.4, 0.5) is 0 Å². The fourth-order valence-corrected chi connectivity index (χ4v) is 3.17. The summed E-state index contributed by atoms with van der Waals surface area (Å²) in [5, 5.41) is 4.63. The van der Waals surface area contributed by atoms with Gasteiger partial charge < -0.3 is 20.0 Å². The van der Waals surface area contributed by atoms with Crippen LogP contribution in [0.5, 0.6) is 5.75 Å². The lowest BCUT2D eigenvalue weighted by Gasteiger charge is -2.31. The van der Waals surface area contributed by atoms with E-state index in [9.17, 15) is 9.59 Å². The number of rotatable bonds is 5. The monoisotopic (exact) mass is 344 g/mol. The summed E-state index contributed by atoms with van der Waals surface area (Å²) in [5.41, 5.74) is 4.41. The molecule has 0 radical (unpaired) electrons. The Kier molecular flexibility index (Phi) is 4.94. The number of benzene rings is 1. The molecule has 7 heteroatoms. The van der Waals surface area contributed by atoms with E-state index in [1.165, 1.54) is 4.90 Å². The molecule has 2 atom stereocenters. The first-order valence-corrected chi connectivity index (χ1v) is 8.44. The molecule has 2 heterocycles. The zero-order chi connectivity index (χ0) is 18.0. The molecule has 2 aliphatic heterocycles. The number of carbonyl (C=O) groups is 2. The maximum absolute atomic E-state index is 12.7. The van der Waals surface area contributed by atoms with Crippen LogP contribution in [-0.2, 0) is 9.59 Å². The molecule has 0 spiro atoms. The highest BCUT2D eigenvalue weighted by atomic mass is 16.5. The van der Waals surface area contributed by atoms with E-state index in [-0.39, 0.29) is 36.5 Å². The van der Waals surface area contributed by atoms with Gasteiger partial charge in [0.15, 0.2) is 0 Å². The number of methoxy groups -OCH3 is 1. The Balaban J connectivity index is 1.68. The molecule has 0 aliphatic carbocycles. The normalized spacial score (nSPS) is 22.3. The van der Waals surface area contributed by atoms with Gasteiger partial charge in [0.1, 0.15) is 18.3 Å². The second kappa shape index (κ2) is 7.14. The van der Waals surface area contributed by atoms with Gasteiger partial charge in [-0.25, -0.2) is 5.43 Å². The van der Waals surface area contributed by atoms with Crippen LogP contribution in [0.25, 0.3) is 0 Å². The van der Waals surface area contributed by atoms with Gasteiger partial charge in [-0.3, -0.25) is 9.59 Å². The Morgan fingerprint density at radius 2 is 2.20 bits per heavy atom. The van der Waals surface area contributed by atoms with E-state index in [1.54, 1.807) is 13.3 Å². The molecule has 2 aliphatic rings. The van der Waals surface area contributed by atoms with Crippen molar-refractivity contribution in [1.29, 1.82) is 0 Å². The third-order valence-electron chi connectivity index (χ3n) is 4.33. The third-order valence-corrected chi connectivity index (χ3v) is 4.33. The van der Waals surface area contributed by atoms with Crippen molar-refractivity contribution in [2.24, 2.45) is 0 Å². The van der Waals surface area contributed by atoms with Crippen molar-refractivity contribution in [3.05, 3.63) is 42.2 Å². The lowest BCUT2D eigenvalue weighted by atomic mass is 10.0. The minimum atomic E-state index is -0.312. The number of fused-ring (bicyclic) bond motifs is 1. The SMILES string of the molecule is COc1cccc(C2CC3C(=O)N(CC(=O)NC(C)C)C=CN3N2)c1. The Bertz CT molecular complexity index is 689. The van der Waals surface area contributed by atoms with Crippen molar-refractivity contribution < 1.29 is 14.3 Å². The van der Waals surface area contributed by atoms with Crippen molar-refractivity contribution in [2.75, 3.05) is 13.7 Å². The first-order chi connectivity index (χ1) is 12.0. The van der Waals surface area contributed by atoms with Crippen molar-refractivity contribution in [3.8, 4) is 5.75 Å². The topological polar surface area (TPSA) is 73.9 Å². The van der Waals surface area contributed by atoms with E-state index in [2.05, 4.69) is 10.7 Å². The lowest BCUT2D eigenvalue weighted by molar-refractivity contribution is -0.138. The third kappa shape index (κ3) is 3.76. The lowest BCUT2D eigenvalue weighted by Crippen LogP contribution is -2.50. The van der Waals surface area contributed by atoms with Gasteiger partial charge in [-0.05, 0) is 38.0 Å². The minimum absolute atomic E-state index is 0.0261. The molecule has 3 rings (SSSR count). The molecule has 0 aromatic heterocycles. The van der Waals surface area contributed by atoms with Gasteiger partial charge in [0.25, 0.3) is 5.91 Å². The summed E-state index contributed by atoms with van der Waals surface area (Å²) >= 11 is 0. The van der Waals surface area contributed by atoms with E-state index >= 15 is 0 Å². The molecule has 0 saturated carbocycles. The summed E-state index contributed by atoms with van der Waals surface area (Å²) in [6.45, 7) is 3.84. The number of carbonyl (C=O) groups excluding carboxylic acids is 2. The molecule has 1 fully saturated rings. The largest absolute Gasteiger partial charge is 0.497 e. The smallest absolute Gasteiger partial charge is 0.251 e. The number of nitrogens with zero attached hydrogens (tertiary/aromatic N) is 2. The molecule has 2 N–H and O–H groups in total. The van der Waals surface area contributed by atoms with Crippen LogP contribution in [0.3, 0.4) is 0 Å². The van der Waals surface area contributed by atoms with Crippen LogP contribution in [0.1, 0.15) is 31.9 Å². The molecule has 2 amide bonds. The van der Waals surface area contributed by atoms with Gasteiger partial charge in [-0.2, -0.15) is 0 Å². The summed E-state index contributed by atoms with van der Waals surface area (Å²) in [6, 6.07) is 7.59. The molecule has 0 bridgehead atoms. The van der Waals surface area contributed by atoms with E-state index < -0.39 is 0 Å². The predicted octanol–water partition coefficient (Wildman–Crippen LogP) is 1.15. The number of hydrazine groups is 1. The van der Waals surface area contributed by atoms with Crippen LogP contribution >= 0.6 is 0 Å². The van der Waals surface area contributed by atoms with Crippen LogP contribution in [0.2, 0.25) is 0 Å². The molecule has 2 unspecified atom stereocenters. The van der Waals surface area contributed by atoms with Gasteiger partial charge in [0.05, 0.1) is 13.2 Å². The molecular weight excluding hydrogens is 320 g/mol. The van der Waals surface area contributed by atoms with Crippen LogP contribution in [-0.4, -0.2) is 47.5 Å². The van der Waals surface area contributed by atoms with E-state index in [0.29, 0.717) is 6.42 Å². The molecule has 25 heavy (non-hydrogen) atoms. The molecule has 7 nitrogen and oxygen atoms in total. The maximum Gasteiger partial charge on any atom is 0.251 e. The van der Waals surface area contributed by atoms with Crippen molar-refractivity contribution in [3.63, 3.8) is 0 Å². The minimum Gasteiger partial charge on any atom is -0.497 e. The Hall–Kier alpha value is -2.54. The molecule has 134 valence electrons. The highest BCUT2D eigenvalue weighted by Crippen LogP contribution is 2.32. The molecule has 1 aromatic rings. The second-order valence-corrected chi connectivity index (χ2v) is 6.60. The van der Waals surface area contributed by atoms with Gasteiger partial charge in [0, 0.05) is 18.4 Å². The molecular formula is C18H24N4O3. The number of hydrogen-bond donors (Lipinski definition) is 2. The number of amides is 2. The summed E-state index contributed by atoms with van der Waals surface area (Å²) < 4.78 is 5.27. The Morgan fingerprint density at radius 3 is 2.92 bits per heavy atom. The first kappa shape index (κ1) is 17.3. The Labute approximate surface area is 147 Å². The first-order valence-electron chi connectivity index (χ1n) is 8.44. The van der Waals surface area contributed by atoms with Crippen molar-refractivity contribution in [1.82, 2.24) is 20.7 Å². The van der Waals surface area contributed by atoms with Crippen LogP contribution in [0, 0.1) is 0 Å². The van der Waals surface area contributed by atoms with Crippen LogP contribution < -0.4 is 15.5 Å². The predicted molar refractivity (Wildman–Crippen MR) is 93.2 cm³/mol. The Morgan fingerprint density at radius 1 is 1.40 bits per heavy atom. The summed E-state index contributed by atoms with van der Waals surface area (Å²) in [6.07, 6.45) is 4.10. The van der Waals surface area contributed by atoms with Crippen LogP contribution in [0.15, 0.2) is 36.7 Å². The molecule has 1 saturated heterocycles. The molecule has 1 aromatic carbocycles. The van der Waals surface area contributed by atoms with Gasteiger partial charge >= 0.3 is 0 Å². The zero-order valence-electron chi connectivity index (χ0n) is 14.7. The average Bonchev–Trinajstić information content (AvgIpc) is 3.02. The van der Waals surface area contributed by atoms with Crippen molar-refractivity contribution in [2.45, 2.75) is 38.4 Å². The zero-order valence-corrected chi connectivity index (χ0v) is 14.7. The second-order valence-electron chi connectivity index (χ2n) is 6.60. The van der Waals surface area contributed by atoms with Crippen molar-refractivity contribution >= 4 is 11.8 Å². The fraction of sp³-hybridized carbons (Fsp3) is 0.444. The maximum atomic E-state index is 12.7. The number of hydrogen-bond acceptors (Lipinski definition) is 5. The van der Waals surface area contributed by atoms with Gasteiger partial charge in [-0.15, -0.1) is 0 Å². The highest BCUT2D eigenvalue weighted by molar-refractivity contribution is 5.89. The fourth-order valence-electron chi connectivity index (χ4n) is 3.17. The number of ether oxygens (including phenoxy) is 1. The quantitative estimate of drug-likeness (QED) is 0.838. The van der Waals surface area contributed by atoms with E-state index in [1.807, 2.05) is 49.3 Å². The summed E-state index contributed by atoms with van der Waals surface area (Å²) in [5.74, 6) is 0.564. The summed E-state index contributed by atoms with van der Waals surface area (Å²) in [4.78, 5) is 26.1. The highest BCUT2D eigenvalue weighted by Gasteiger charge is 2.40. The van der Waals surface area contributed by atoms with Gasteiger partial charge in [0.2, 0.25) is 5.91 Å². The van der Waals surface area contributed by atoms with Gasteiger partial charge in [-0.1, -0.05) is 12.1 Å². The number of nitrogens with one attached hydrogen (secondary N) is 2. The van der Waals surface area contributed by atoms with E-state index in [0.717, 1.165) is 11.3 Å².